The summed E-state index contributed by atoms with van der Waals surface area (Å²) in [6.45, 7) is 4.95. The van der Waals surface area contributed by atoms with Gasteiger partial charge in [-0.05, 0) is 12.0 Å². The number of carbonyl (C=O) groups is 2. The van der Waals surface area contributed by atoms with Gasteiger partial charge in [0.2, 0.25) is 0 Å². The van der Waals surface area contributed by atoms with E-state index in [0.29, 0.717) is 19.6 Å². The highest BCUT2D eigenvalue weighted by molar-refractivity contribution is 5.70. The van der Waals surface area contributed by atoms with Gasteiger partial charge in [-0.2, -0.15) is 5.06 Å². The second-order valence-electron chi connectivity index (χ2n) is 4.75. The van der Waals surface area contributed by atoms with Gasteiger partial charge in [0.05, 0.1) is 12.5 Å². The molecule has 0 heterocycles. The Morgan fingerprint density at radius 1 is 1.33 bits per heavy atom. The van der Waals surface area contributed by atoms with Crippen LogP contribution >= 0.6 is 0 Å². The molecular formula is C16H25NO4. The Balaban J connectivity index is 0.00000191. The van der Waals surface area contributed by atoms with Crippen molar-refractivity contribution in [1.82, 2.24) is 5.06 Å². The zero-order valence-corrected chi connectivity index (χ0v) is 12.8. The number of nitrogens with zero attached hydrogens (tertiary/aromatic N) is 1. The fourth-order valence-corrected chi connectivity index (χ4v) is 1.87. The molecule has 0 aliphatic carbocycles. The summed E-state index contributed by atoms with van der Waals surface area (Å²) in [5.74, 6) is -1.11. The molecule has 1 N–H and O–H groups in total. The Morgan fingerprint density at radius 2 is 1.95 bits per heavy atom. The lowest BCUT2D eigenvalue weighted by atomic mass is 10.0. The molecule has 5 heteroatoms. The number of rotatable bonds is 9. The fourth-order valence-electron chi connectivity index (χ4n) is 1.87. The van der Waals surface area contributed by atoms with Crippen LogP contribution in [0.15, 0.2) is 30.3 Å². The van der Waals surface area contributed by atoms with Gasteiger partial charge in [-0.25, -0.2) is 0 Å². The first-order valence-electron chi connectivity index (χ1n) is 7.03. The van der Waals surface area contributed by atoms with Gasteiger partial charge in [0.1, 0.15) is 6.79 Å². The van der Waals surface area contributed by atoms with E-state index in [1.165, 1.54) is 0 Å². The van der Waals surface area contributed by atoms with Crippen molar-refractivity contribution < 1.29 is 19.5 Å². The highest BCUT2D eigenvalue weighted by Crippen LogP contribution is 2.11. The monoisotopic (exact) mass is 295 g/mol. The summed E-state index contributed by atoms with van der Waals surface area (Å²) in [6, 6.07) is 9.84. The summed E-state index contributed by atoms with van der Waals surface area (Å²) in [7, 11) is 1.78. The summed E-state index contributed by atoms with van der Waals surface area (Å²) in [6.07, 6.45) is 2.65. The molecule has 0 saturated carbocycles. The zero-order valence-electron chi connectivity index (χ0n) is 12.8. The first-order valence-corrected chi connectivity index (χ1v) is 7.03. The number of benzene rings is 1. The van der Waals surface area contributed by atoms with Crippen molar-refractivity contribution in [2.45, 2.75) is 32.8 Å². The molecule has 1 rings (SSSR count). The Labute approximate surface area is 126 Å². The minimum Gasteiger partial charge on any atom is -0.481 e. The maximum absolute atomic E-state index is 11.1. The molecule has 0 radical (unpaired) electrons. The van der Waals surface area contributed by atoms with Crippen LogP contribution in [0, 0.1) is 5.92 Å². The number of aliphatic carboxylic acids is 1. The van der Waals surface area contributed by atoms with E-state index in [1.54, 1.807) is 12.1 Å². The lowest BCUT2D eigenvalue weighted by Crippen LogP contribution is -2.30. The van der Waals surface area contributed by atoms with E-state index in [-0.39, 0.29) is 5.92 Å². The van der Waals surface area contributed by atoms with E-state index >= 15 is 0 Å². The maximum atomic E-state index is 11.1. The van der Waals surface area contributed by atoms with Crippen LogP contribution in [0.2, 0.25) is 0 Å². The van der Waals surface area contributed by atoms with Crippen molar-refractivity contribution in [3.8, 4) is 0 Å². The lowest BCUT2D eigenvalue weighted by molar-refractivity contribution is -0.169. The smallest absolute Gasteiger partial charge is 0.307 e. The average molecular weight is 295 g/mol. The van der Waals surface area contributed by atoms with Gasteiger partial charge in [0, 0.05) is 13.6 Å². The highest BCUT2D eigenvalue weighted by atomic mass is 16.7. The van der Waals surface area contributed by atoms with Crippen LogP contribution in [0.25, 0.3) is 0 Å². The molecule has 5 nitrogen and oxygen atoms in total. The normalized spacial score (nSPS) is 11.6. The van der Waals surface area contributed by atoms with Gasteiger partial charge in [0.25, 0.3) is 0 Å². The standard InChI is InChI=1S/C15H23NO3.CH2O/c1-3-4-10-14(15(17)18)11-16(2)19-12-13-8-6-5-7-9-13;1-2/h5-9,14H,3-4,10-12H2,1-2H3,(H,17,18);1H2. The number of unbranched alkanes of at least 4 members (excludes halogenated alkanes) is 1. The van der Waals surface area contributed by atoms with Crippen molar-refractivity contribution in [1.29, 1.82) is 0 Å². The molecule has 1 aromatic carbocycles. The summed E-state index contributed by atoms with van der Waals surface area (Å²) < 4.78 is 0. The molecule has 1 atom stereocenters. The molecule has 118 valence electrons. The van der Waals surface area contributed by atoms with E-state index in [4.69, 9.17) is 14.7 Å². The summed E-state index contributed by atoms with van der Waals surface area (Å²) >= 11 is 0. The van der Waals surface area contributed by atoms with E-state index in [2.05, 4.69) is 6.92 Å². The fraction of sp³-hybridized carbons (Fsp3) is 0.500. The predicted molar refractivity (Wildman–Crippen MR) is 81.6 cm³/mol. The van der Waals surface area contributed by atoms with Crippen molar-refractivity contribution in [2.24, 2.45) is 5.92 Å². The largest absolute Gasteiger partial charge is 0.481 e. The molecule has 0 spiro atoms. The highest BCUT2D eigenvalue weighted by Gasteiger charge is 2.19. The third-order valence-electron chi connectivity index (χ3n) is 3.03. The van der Waals surface area contributed by atoms with Crippen molar-refractivity contribution in [3.63, 3.8) is 0 Å². The number of hydrogen-bond acceptors (Lipinski definition) is 4. The summed E-state index contributed by atoms with van der Waals surface area (Å²) in [4.78, 5) is 24.7. The zero-order chi connectivity index (χ0) is 16.1. The van der Waals surface area contributed by atoms with Gasteiger partial charge < -0.3 is 9.90 Å². The van der Waals surface area contributed by atoms with Gasteiger partial charge in [-0.15, -0.1) is 0 Å². The van der Waals surface area contributed by atoms with Gasteiger partial charge >= 0.3 is 5.97 Å². The molecule has 0 bridgehead atoms. The van der Waals surface area contributed by atoms with Crippen LogP contribution < -0.4 is 0 Å². The van der Waals surface area contributed by atoms with Crippen LogP contribution in [0.4, 0.5) is 0 Å². The molecule has 0 saturated heterocycles. The van der Waals surface area contributed by atoms with Gasteiger partial charge in [-0.3, -0.25) is 9.63 Å². The quantitative estimate of drug-likeness (QED) is 0.710. The molecule has 0 aliphatic heterocycles. The van der Waals surface area contributed by atoms with Crippen LogP contribution in [0.3, 0.4) is 0 Å². The molecule has 1 aromatic rings. The molecular weight excluding hydrogens is 270 g/mol. The lowest BCUT2D eigenvalue weighted by Gasteiger charge is -2.21. The van der Waals surface area contributed by atoms with Crippen LogP contribution in [-0.4, -0.2) is 36.5 Å². The molecule has 0 aliphatic rings. The Morgan fingerprint density at radius 3 is 2.48 bits per heavy atom. The van der Waals surface area contributed by atoms with Crippen LogP contribution in [-0.2, 0) is 21.0 Å². The molecule has 0 fully saturated rings. The minimum atomic E-state index is -0.747. The van der Waals surface area contributed by atoms with Crippen molar-refractivity contribution >= 4 is 12.8 Å². The second kappa shape index (κ2) is 12.1. The van der Waals surface area contributed by atoms with Crippen LogP contribution in [0.1, 0.15) is 31.7 Å². The van der Waals surface area contributed by atoms with Gasteiger partial charge in [0.15, 0.2) is 0 Å². The third kappa shape index (κ3) is 8.94. The minimum absolute atomic E-state index is 0.360. The first-order chi connectivity index (χ1) is 10.1. The van der Waals surface area contributed by atoms with E-state index in [0.717, 1.165) is 18.4 Å². The molecule has 21 heavy (non-hydrogen) atoms. The Hall–Kier alpha value is -1.72. The topological polar surface area (TPSA) is 66.8 Å². The number of carboxylic acids is 1. The number of hydrogen-bond donors (Lipinski definition) is 1. The molecule has 0 aromatic heterocycles. The Kier molecular flexibility index (Phi) is 11.1. The first kappa shape index (κ1) is 19.3. The summed E-state index contributed by atoms with van der Waals surface area (Å²) in [5, 5.41) is 10.8. The van der Waals surface area contributed by atoms with Crippen molar-refractivity contribution in [3.05, 3.63) is 35.9 Å². The maximum Gasteiger partial charge on any atom is 0.307 e. The SMILES string of the molecule is C=O.CCCCC(CN(C)OCc1ccccc1)C(=O)O. The number of carbonyl (C=O) groups excluding carboxylic acids is 1. The average Bonchev–Trinajstić information content (AvgIpc) is 2.52. The molecule has 0 amide bonds. The van der Waals surface area contributed by atoms with Crippen molar-refractivity contribution in [2.75, 3.05) is 13.6 Å². The van der Waals surface area contributed by atoms with Gasteiger partial charge in [-0.1, -0.05) is 50.1 Å². The summed E-state index contributed by atoms with van der Waals surface area (Å²) in [5.41, 5.74) is 1.08. The van der Waals surface area contributed by atoms with E-state index < -0.39 is 5.97 Å². The number of hydroxylamine groups is 2. The third-order valence-corrected chi connectivity index (χ3v) is 3.03. The van der Waals surface area contributed by atoms with E-state index in [9.17, 15) is 4.79 Å². The Bertz CT molecular complexity index is 383. The van der Waals surface area contributed by atoms with Crippen LogP contribution in [0.5, 0.6) is 0 Å². The second-order valence-corrected chi connectivity index (χ2v) is 4.75. The van der Waals surface area contributed by atoms with E-state index in [1.807, 2.05) is 37.1 Å². The number of carboxylic acid groups (broad SMARTS) is 1. The molecule has 1 unspecified atom stereocenters. The predicted octanol–water partition coefficient (Wildman–Crippen LogP) is 2.76.